The van der Waals surface area contributed by atoms with Crippen molar-refractivity contribution in [2.24, 2.45) is 5.41 Å². The van der Waals surface area contributed by atoms with E-state index in [4.69, 9.17) is 4.74 Å². The minimum absolute atomic E-state index is 0.0613. The first kappa shape index (κ1) is 13.0. The Hall–Kier alpha value is -0.0900. The number of carbonyl (C=O) groups is 1. The molecule has 1 amide bonds. The molecular weight excluding hydrogens is 258 g/mol. The van der Waals surface area contributed by atoms with Crippen LogP contribution in [0.25, 0.3) is 0 Å². The summed E-state index contributed by atoms with van der Waals surface area (Å²) in [7, 11) is 1.72. The zero-order valence-corrected chi connectivity index (χ0v) is 11.3. The van der Waals surface area contributed by atoms with Gasteiger partial charge in [-0.25, -0.2) is 0 Å². The Bertz CT molecular complexity index is 231. The Labute approximate surface area is 100 Å². The summed E-state index contributed by atoms with van der Waals surface area (Å²) in [5, 5.41) is 2.99. The lowest BCUT2D eigenvalue weighted by atomic mass is 10.0. The largest absolute Gasteiger partial charge is 0.385 e. The van der Waals surface area contributed by atoms with Crippen LogP contribution in [0.4, 0.5) is 0 Å². The number of carbonyl (C=O) groups excluding carboxylic acids is 1. The average molecular weight is 278 g/mol. The second-order valence-electron chi connectivity index (χ2n) is 4.90. The Morgan fingerprint density at radius 2 is 2.13 bits per heavy atom. The quantitative estimate of drug-likeness (QED) is 0.756. The van der Waals surface area contributed by atoms with Crippen molar-refractivity contribution < 1.29 is 9.53 Å². The van der Waals surface area contributed by atoms with Crippen LogP contribution in [0, 0.1) is 5.41 Å². The number of halogens is 1. The average Bonchev–Trinajstić information content (AvgIpc) is 2.90. The van der Waals surface area contributed by atoms with E-state index in [1.807, 2.05) is 13.8 Å². The third-order valence-electron chi connectivity index (χ3n) is 2.96. The maximum absolute atomic E-state index is 11.6. The lowest BCUT2D eigenvalue weighted by Gasteiger charge is -2.20. The van der Waals surface area contributed by atoms with Gasteiger partial charge in [0.25, 0.3) is 0 Å². The number of amides is 1. The second kappa shape index (κ2) is 4.83. The van der Waals surface area contributed by atoms with Crippen LogP contribution in [0.3, 0.4) is 0 Å². The van der Waals surface area contributed by atoms with Crippen molar-refractivity contribution in [1.82, 2.24) is 5.32 Å². The highest BCUT2D eigenvalue weighted by Gasteiger charge is 2.42. The van der Waals surface area contributed by atoms with Gasteiger partial charge in [-0.3, -0.25) is 4.79 Å². The molecule has 0 unspecified atom stereocenters. The summed E-state index contributed by atoms with van der Waals surface area (Å²) < 4.78 is 4.60. The molecule has 15 heavy (non-hydrogen) atoms. The molecule has 0 spiro atoms. The summed E-state index contributed by atoms with van der Waals surface area (Å²) >= 11 is 3.35. The maximum Gasteiger partial charge on any atom is 0.236 e. The van der Waals surface area contributed by atoms with Crippen molar-refractivity contribution in [2.45, 2.75) is 37.4 Å². The van der Waals surface area contributed by atoms with Gasteiger partial charge < -0.3 is 10.1 Å². The fourth-order valence-electron chi connectivity index (χ4n) is 1.49. The fraction of sp³-hybridized carbons (Fsp3) is 0.909. The topological polar surface area (TPSA) is 38.3 Å². The van der Waals surface area contributed by atoms with Gasteiger partial charge in [0.05, 0.1) is 4.32 Å². The third kappa shape index (κ3) is 4.11. The van der Waals surface area contributed by atoms with Gasteiger partial charge in [0, 0.05) is 20.3 Å². The molecular formula is C11H20BrNO2. The van der Waals surface area contributed by atoms with Gasteiger partial charge in [-0.05, 0) is 38.5 Å². The number of rotatable bonds is 6. The molecule has 0 atom stereocenters. The standard InChI is InChI=1S/C11H20BrNO2/c1-10(2,12)9(14)13-8-11(4-5-11)6-7-15-3/h4-8H2,1-3H3,(H,13,14). The Morgan fingerprint density at radius 3 is 2.53 bits per heavy atom. The number of hydrogen-bond acceptors (Lipinski definition) is 2. The minimum Gasteiger partial charge on any atom is -0.385 e. The monoisotopic (exact) mass is 277 g/mol. The lowest BCUT2D eigenvalue weighted by molar-refractivity contribution is -0.122. The third-order valence-corrected chi connectivity index (χ3v) is 3.32. The predicted octanol–water partition coefficient (Wildman–Crippen LogP) is 2.09. The van der Waals surface area contributed by atoms with E-state index >= 15 is 0 Å². The first-order valence-electron chi connectivity index (χ1n) is 5.36. The number of nitrogens with one attached hydrogen (secondary N) is 1. The van der Waals surface area contributed by atoms with Crippen LogP contribution in [0.15, 0.2) is 0 Å². The molecule has 0 aromatic carbocycles. The van der Waals surface area contributed by atoms with Gasteiger partial charge >= 0.3 is 0 Å². The smallest absolute Gasteiger partial charge is 0.236 e. The van der Waals surface area contributed by atoms with E-state index in [0.29, 0.717) is 5.41 Å². The van der Waals surface area contributed by atoms with Gasteiger partial charge in [-0.2, -0.15) is 0 Å². The lowest BCUT2D eigenvalue weighted by Crippen LogP contribution is -2.40. The molecule has 88 valence electrons. The van der Waals surface area contributed by atoms with Crippen molar-refractivity contribution in [1.29, 1.82) is 0 Å². The molecule has 1 N–H and O–H groups in total. The highest BCUT2D eigenvalue weighted by Crippen LogP contribution is 2.48. The number of ether oxygens (including phenoxy) is 1. The van der Waals surface area contributed by atoms with Crippen molar-refractivity contribution in [3.05, 3.63) is 0 Å². The molecule has 0 aromatic rings. The Balaban J connectivity index is 2.28. The summed E-state index contributed by atoms with van der Waals surface area (Å²) in [4.78, 5) is 11.6. The van der Waals surface area contributed by atoms with E-state index in [9.17, 15) is 4.79 Å². The summed E-state index contributed by atoms with van der Waals surface area (Å²) in [6.07, 6.45) is 3.46. The Kier molecular flexibility index (Phi) is 4.18. The van der Waals surface area contributed by atoms with Crippen LogP contribution in [0.5, 0.6) is 0 Å². The molecule has 1 saturated carbocycles. The van der Waals surface area contributed by atoms with Gasteiger partial charge in [-0.15, -0.1) is 0 Å². The first-order chi connectivity index (χ1) is 6.90. The SMILES string of the molecule is COCCC1(CNC(=O)C(C)(C)Br)CC1. The normalized spacial score (nSPS) is 18.7. The molecule has 1 aliphatic carbocycles. The molecule has 0 aliphatic heterocycles. The van der Waals surface area contributed by atoms with Crippen molar-refractivity contribution in [2.75, 3.05) is 20.3 Å². The van der Waals surface area contributed by atoms with E-state index in [0.717, 1.165) is 19.6 Å². The van der Waals surface area contributed by atoms with Gasteiger partial charge in [-0.1, -0.05) is 15.9 Å². The van der Waals surface area contributed by atoms with E-state index in [-0.39, 0.29) is 5.91 Å². The summed E-state index contributed by atoms with van der Waals surface area (Å²) in [5.41, 5.74) is 0.323. The molecule has 0 saturated heterocycles. The summed E-state index contributed by atoms with van der Waals surface area (Å²) in [5.74, 6) is 0.0613. The van der Waals surface area contributed by atoms with Gasteiger partial charge in [0.1, 0.15) is 0 Å². The van der Waals surface area contributed by atoms with Crippen LogP contribution >= 0.6 is 15.9 Å². The Morgan fingerprint density at radius 1 is 1.53 bits per heavy atom. The van der Waals surface area contributed by atoms with Crippen molar-refractivity contribution in [3.8, 4) is 0 Å². The number of methoxy groups -OCH3 is 1. The highest BCUT2D eigenvalue weighted by atomic mass is 79.9. The zero-order chi connectivity index (χ0) is 11.5. The fourth-order valence-corrected chi connectivity index (χ4v) is 1.63. The number of hydrogen-bond donors (Lipinski definition) is 1. The molecule has 1 fully saturated rings. The molecule has 0 aromatic heterocycles. The molecule has 0 radical (unpaired) electrons. The number of alkyl halides is 1. The molecule has 1 rings (SSSR count). The van der Waals surface area contributed by atoms with Crippen molar-refractivity contribution >= 4 is 21.8 Å². The van der Waals surface area contributed by atoms with Crippen LogP contribution in [-0.4, -0.2) is 30.5 Å². The van der Waals surface area contributed by atoms with Gasteiger partial charge in [0.2, 0.25) is 5.91 Å². The summed E-state index contributed by atoms with van der Waals surface area (Å²) in [6.45, 7) is 5.28. The van der Waals surface area contributed by atoms with Crippen LogP contribution in [0.2, 0.25) is 0 Å². The highest BCUT2D eigenvalue weighted by molar-refractivity contribution is 9.10. The summed E-state index contributed by atoms with van der Waals surface area (Å²) in [6, 6.07) is 0. The molecule has 3 nitrogen and oxygen atoms in total. The van der Waals surface area contributed by atoms with E-state index < -0.39 is 4.32 Å². The molecule has 4 heteroatoms. The van der Waals surface area contributed by atoms with Gasteiger partial charge in [0.15, 0.2) is 0 Å². The second-order valence-corrected chi connectivity index (χ2v) is 6.88. The van der Waals surface area contributed by atoms with Crippen molar-refractivity contribution in [3.63, 3.8) is 0 Å². The van der Waals surface area contributed by atoms with Crippen LogP contribution < -0.4 is 5.32 Å². The first-order valence-corrected chi connectivity index (χ1v) is 6.15. The van der Waals surface area contributed by atoms with Crippen LogP contribution in [-0.2, 0) is 9.53 Å². The predicted molar refractivity (Wildman–Crippen MR) is 64.2 cm³/mol. The molecule has 0 heterocycles. The maximum atomic E-state index is 11.6. The molecule has 0 bridgehead atoms. The van der Waals surface area contributed by atoms with E-state index in [1.165, 1.54) is 12.8 Å². The van der Waals surface area contributed by atoms with Crippen LogP contribution in [0.1, 0.15) is 33.1 Å². The minimum atomic E-state index is -0.468. The van der Waals surface area contributed by atoms with E-state index in [1.54, 1.807) is 7.11 Å². The van der Waals surface area contributed by atoms with E-state index in [2.05, 4.69) is 21.2 Å². The molecule has 1 aliphatic rings. The zero-order valence-electron chi connectivity index (χ0n) is 9.73.